The highest BCUT2D eigenvalue weighted by molar-refractivity contribution is 9.09. The first-order valence-corrected chi connectivity index (χ1v) is 6.62. The third kappa shape index (κ3) is 11.4. The van der Waals surface area contributed by atoms with E-state index >= 15 is 0 Å². The van der Waals surface area contributed by atoms with Crippen LogP contribution in [0.1, 0.15) is 44.9 Å². The van der Waals surface area contributed by atoms with E-state index in [4.69, 9.17) is 11.2 Å². The minimum Gasteiger partial charge on any atom is -0.456 e. The van der Waals surface area contributed by atoms with Gasteiger partial charge in [-0.25, -0.2) is 4.79 Å². The molecule has 2 nitrogen and oxygen atoms in total. The van der Waals surface area contributed by atoms with Gasteiger partial charge in [0.15, 0.2) is 0 Å². The fourth-order valence-corrected chi connectivity index (χ4v) is 1.68. The summed E-state index contributed by atoms with van der Waals surface area (Å²) in [5, 5.41) is 1.11. The minimum absolute atomic E-state index is 0.463. The first-order valence-electron chi connectivity index (χ1n) is 5.50. The van der Waals surface area contributed by atoms with Crippen molar-refractivity contribution in [2.45, 2.75) is 44.9 Å². The number of carbonyl (C=O) groups is 1. The van der Waals surface area contributed by atoms with Crippen molar-refractivity contribution in [2.75, 3.05) is 11.9 Å². The number of alkyl halides is 1. The van der Waals surface area contributed by atoms with E-state index in [2.05, 4.69) is 15.9 Å². The molecule has 0 saturated carbocycles. The van der Waals surface area contributed by atoms with Crippen LogP contribution in [0, 0.1) is 12.3 Å². The molecule has 0 aliphatic carbocycles. The summed E-state index contributed by atoms with van der Waals surface area (Å²) in [5.41, 5.74) is 0. The summed E-state index contributed by atoms with van der Waals surface area (Å²) in [6.45, 7) is 0.463. The summed E-state index contributed by atoms with van der Waals surface area (Å²) < 4.78 is 4.76. The molecular formula is C12H19BrO2. The van der Waals surface area contributed by atoms with Crippen molar-refractivity contribution >= 4 is 21.9 Å². The zero-order valence-electron chi connectivity index (χ0n) is 9.14. The van der Waals surface area contributed by atoms with Crippen LogP contribution < -0.4 is 0 Å². The Balaban J connectivity index is 2.99. The molecule has 0 rings (SSSR count). The molecule has 0 aromatic rings. The Kier molecular flexibility index (Phi) is 11.2. The highest BCUT2D eigenvalue weighted by atomic mass is 79.9. The lowest BCUT2D eigenvalue weighted by molar-refractivity contribution is -0.136. The smallest absolute Gasteiger partial charge is 0.384 e. The Morgan fingerprint density at radius 3 is 2.13 bits per heavy atom. The molecule has 0 bridgehead atoms. The standard InChI is InChI=1S/C12H19BrO2/c1-2-12(14)15-11-9-7-5-3-4-6-8-10-13/h1H,3-11H2. The van der Waals surface area contributed by atoms with Crippen LogP contribution in [-0.2, 0) is 9.53 Å². The van der Waals surface area contributed by atoms with Crippen molar-refractivity contribution < 1.29 is 9.53 Å². The molecule has 0 aliphatic rings. The van der Waals surface area contributed by atoms with Crippen molar-refractivity contribution in [3.63, 3.8) is 0 Å². The summed E-state index contributed by atoms with van der Waals surface area (Å²) in [4.78, 5) is 10.6. The van der Waals surface area contributed by atoms with Gasteiger partial charge in [0.1, 0.15) is 0 Å². The average Bonchev–Trinajstić information content (AvgIpc) is 2.26. The number of halogens is 1. The molecular weight excluding hydrogens is 256 g/mol. The lowest BCUT2D eigenvalue weighted by atomic mass is 10.1. The summed E-state index contributed by atoms with van der Waals surface area (Å²) >= 11 is 3.41. The van der Waals surface area contributed by atoms with Gasteiger partial charge < -0.3 is 4.74 Å². The van der Waals surface area contributed by atoms with Gasteiger partial charge in [0.2, 0.25) is 0 Å². The Morgan fingerprint density at radius 2 is 1.60 bits per heavy atom. The average molecular weight is 275 g/mol. The summed E-state index contributed by atoms with van der Waals surface area (Å²) in [5.74, 6) is 1.38. The predicted molar refractivity (Wildman–Crippen MR) is 65.9 cm³/mol. The van der Waals surface area contributed by atoms with Gasteiger partial charge in [-0.1, -0.05) is 48.0 Å². The molecule has 0 heterocycles. The van der Waals surface area contributed by atoms with Gasteiger partial charge in [-0.2, -0.15) is 0 Å². The molecule has 3 heteroatoms. The number of carbonyl (C=O) groups excluding carboxylic acids is 1. The van der Waals surface area contributed by atoms with Gasteiger partial charge >= 0.3 is 5.97 Å². The fourth-order valence-electron chi connectivity index (χ4n) is 1.29. The van der Waals surface area contributed by atoms with Crippen LogP contribution in [0.3, 0.4) is 0 Å². The molecule has 0 fully saturated rings. The zero-order valence-corrected chi connectivity index (χ0v) is 10.7. The van der Waals surface area contributed by atoms with Gasteiger partial charge in [0.25, 0.3) is 0 Å². The van der Waals surface area contributed by atoms with E-state index in [-0.39, 0.29) is 0 Å². The Labute approximate surface area is 101 Å². The second kappa shape index (κ2) is 11.6. The molecule has 0 atom stereocenters. The number of hydrogen-bond acceptors (Lipinski definition) is 2. The highest BCUT2D eigenvalue weighted by Crippen LogP contribution is 2.07. The molecule has 0 radical (unpaired) electrons. The molecule has 0 aliphatic heterocycles. The molecule has 0 aromatic carbocycles. The third-order valence-electron chi connectivity index (χ3n) is 2.13. The van der Waals surface area contributed by atoms with E-state index in [1.54, 1.807) is 0 Å². The Morgan fingerprint density at radius 1 is 1.07 bits per heavy atom. The van der Waals surface area contributed by atoms with E-state index in [9.17, 15) is 4.79 Å². The molecule has 0 saturated heterocycles. The second-order valence-corrected chi connectivity index (χ2v) is 4.24. The minimum atomic E-state index is -0.549. The lowest BCUT2D eigenvalue weighted by Crippen LogP contribution is -2.02. The van der Waals surface area contributed by atoms with Crippen LogP contribution in [0.4, 0.5) is 0 Å². The van der Waals surface area contributed by atoms with E-state index < -0.39 is 5.97 Å². The van der Waals surface area contributed by atoms with Crippen LogP contribution in [0.5, 0.6) is 0 Å². The molecule has 0 unspecified atom stereocenters. The maximum Gasteiger partial charge on any atom is 0.384 e. The van der Waals surface area contributed by atoms with Crippen molar-refractivity contribution in [3.8, 4) is 12.3 Å². The van der Waals surface area contributed by atoms with Crippen molar-refractivity contribution in [1.82, 2.24) is 0 Å². The number of ether oxygens (including phenoxy) is 1. The fraction of sp³-hybridized carbons (Fsp3) is 0.750. The maximum atomic E-state index is 10.6. The number of esters is 1. The normalized spacial score (nSPS) is 9.60. The Bertz CT molecular complexity index is 196. The van der Waals surface area contributed by atoms with E-state index in [1.807, 2.05) is 5.92 Å². The first-order chi connectivity index (χ1) is 7.31. The SMILES string of the molecule is C#CC(=O)OCCCCCCCCCBr. The van der Waals surface area contributed by atoms with E-state index in [0.29, 0.717) is 6.61 Å². The van der Waals surface area contributed by atoms with Gasteiger partial charge in [-0.3, -0.25) is 0 Å². The van der Waals surface area contributed by atoms with Gasteiger partial charge in [0.05, 0.1) is 6.61 Å². The van der Waals surface area contributed by atoms with Gasteiger partial charge in [-0.15, -0.1) is 6.42 Å². The quantitative estimate of drug-likeness (QED) is 0.212. The molecule has 0 amide bonds. The first kappa shape index (κ1) is 14.5. The molecule has 0 spiro atoms. The predicted octanol–water partition coefficient (Wildman–Crippen LogP) is 3.29. The maximum absolute atomic E-state index is 10.6. The number of rotatable bonds is 9. The Hall–Kier alpha value is -0.490. The number of hydrogen-bond donors (Lipinski definition) is 0. The molecule has 15 heavy (non-hydrogen) atoms. The molecule has 0 N–H and O–H groups in total. The van der Waals surface area contributed by atoms with Crippen LogP contribution in [0.25, 0.3) is 0 Å². The zero-order chi connectivity index (χ0) is 11.4. The monoisotopic (exact) mass is 274 g/mol. The van der Waals surface area contributed by atoms with E-state index in [1.165, 1.54) is 32.1 Å². The third-order valence-corrected chi connectivity index (χ3v) is 2.69. The van der Waals surface area contributed by atoms with Crippen LogP contribution in [0.2, 0.25) is 0 Å². The van der Waals surface area contributed by atoms with Gasteiger partial charge in [-0.05, 0) is 12.8 Å². The number of terminal acetylenes is 1. The van der Waals surface area contributed by atoms with Crippen LogP contribution >= 0.6 is 15.9 Å². The van der Waals surface area contributed by atoms with Gasteiger partial charge in [0, 0.05) is 11.3 Å². The lowest BCUT2D eigenvalue weighted by Gasteiger charge is -2.01. The second-order valence-electron chi connectivity index (χ2n) is 3.44. The van der Waals surface area contributed by atoms with Crippen molar-refractivity contribution in [1.29, 1.82) is 0 Å². The van der Waals surface area contributed by atoms with Crippen molar-refractivity contribution in [3.05, 3.63) is 0 Å². The summed E-state index contributed by atoms with van der Waals surface area (Å²) in [7, 11) is 0. The number of unbranched alkanes of at least 4 members (excludes halogenated alkanes) is 6. The summed E-state index contributed by atoms with van der Waals surface area (Å²) in [6, 6.07) is 0. The highest BCUT2D eigenvalue weighted by Gasteiger charge is 1.95. The van der Waals surface area contributed by atoms with E-state index in [0.717, 1.165) is 18.2 Å². The van der Waals surface area contributed by atoms with Crippen molar-refractivity contribution in [2.24, 2.45) is 0 Å². The van der Waals surface area contributed by atoms with Crippen LogP contribution in [0.15, 0.2) is 0 Å². The molecule has 86 valence electrons. The summed E-state index contributed by atoms with van der Waals surface area (Å²) in [6.07, 6.45) is 13.3. The molecule has 0 aromatic heterocycles. The largest absolute Gasteiger partial charge is 0.456 e. The van der Waals surface area contributed by atoms with Crippen LogP contribution in [-0.4, -0.2) is 17.9 Å². The topological polar surface area (TPSA) is 26.3 Å².